The number of alkyl halides is 3. The third-order valence-corrected chi connectivity index (χ3v) is 6.04. The van der Waals surface area contributed by atoms with Gasteiger partial charge < -0.3 is 9.80 Å². The summed E-state index contributed by atoms with van der Waals surface area (Å²) in [5, 5.41) is 11.2. The summed E-state index contributed by atoms with van der Waals surface area (Å²) in [4.78, 5) is 13.8. The molecule has 1 aromatic carbocycles. The Morgan fingerprint density at radius 2 is 1.88 bits per heavy atom. The van der Waals surface area contributed by atoms with E-state index >= 15 is 0 Å². The van der Waals surface area contributed by atoms with Crippen molar-refractivity contribution >= 4 is 17.8 Å². The molecule has 5 rings (SSSR count). The number of halogens is 3. The predicted molar refractivity (Wildman–Crippen MR) is 120 cm³/mol. The Morgan fingerprint density at radius 3 is 2.55 bits per heavy atom. The van der Waals surface area contributed by atoms with E-state index in [1.54, 1.807) is 18.7 Å². The molecule has 33 heavy (non-hydrogen) atoms. The summed E-state index contributed by atoms with van der Waals surface area (Å²) in [6.07, 6.45) is 1.59. The highest BCUT2D eigenvalue weighted by Gasteiger charge is 2.42. The van der Waals surface area contributed by atoms with Crippen molar-refractivity contribution in [2.45, 2.75) is 51.6 Å². The zero-order valence-electron chi connectivity index (χ0n) is 18.3. The van der Waals surface area contributed by atoms with Crippen molar-refractivity contribution in [3.8, 4) is 22.6 Å². The quantitative estimate of drug-likeness (QED) is 0.611. The van der Waals surface area contributed by atoms with Crippen molar-refractivity contribution < 1.29 is 13.2 Å². The molecule has 11 heteroatoms. The smallest absolute Gasteiger partial charge is 0.345 e. The number of benzene rings is 1. The van der Waals surface area contributed by atoms with Crippen molar-refractivity contribution in [1.29, 1.82) is 0 Å². The van der Waals surface area contributed by atoms with Crippen LogP contribution >= 0.6 is 0 Å². The van der Waals surface area contributed by atoms with Gasteiger partial charge in [-0.2, -0.15) is 23.4 Å². The molecule has 1 unspecified atom stereocenters. The van der Waals surface area contributed by atoms with Gasteiger partial charge in [0.05, 0.1) is 35.3 Å². The number of fused-ring (bicyclic) bond motifs is 3. The number of hydrogen-bond acceptors (Lipinski definition) is 7. The van der Waals surface area contributed by atoms with E-state index in [-0.39, 0.29) is 18.2 Å². The van der Waals surface area contributed by atoms with Gasteiger partial charge in [0.2, 0.25) is 0 Å². The monoisotopic (exact) mass is 456 g/mol. The van der Waals surface area contributed by atoms with E-state index in [2.05, 4.69) is 51.4 Å². The molecule has 2 aliphatic rings. The molecule has 4 heterocycles. The van der Waals surface area contributed by atoms with Crippen molar-refractivity contribution in [3.05, 3.63) is 42.2 Å². The number of H-pyrrole nitrogens is 1. The van der Waals surface area contributed by atoms with E-state index in [1.807, 2.05) is 4.90 Å². The van der Waals surface area contributed by atoms with Gasteiger partial charge in [-0.25, -0.2) is 9.97 Å². The number of rotatable bonds is 4. The molecule has 0 saturated heterocycles. The average molecular weight is 456 g/mol. The van der Waals surface area contributed by atoms with Gasteiger partial charge in [-0.3, -0.25) is 10.5 Å². The fourth-order valence-corrected chi connectivity index (χ4v) is 4.52. The first kappa shape index (κ1) is 21.2. The summed E-state index contributed by atoms with van der Waals surface area (Å²) in [7, 11) is 0. The Kier molecular flexibility index (Phi) is 4.98. The largest absolute Gasteiger partial charge is 0.416 e. The van der Waals surface area contributed by atoms with E-state index in [4.69, 9.17) is 4.98 Å². The molecular weight excluding hydrogens is 433 g/mol. The summed E-state index contributed by atoms with van der Waals surface area (Å²) < 4.78 is 38.9. The Labute approximate surface area is 188 Å². The Bertz CT molecular complexity index is 1190. The second-order valence-electron chi connectivity index (χ2n) is 8.34. The molecule has 8 nitrogen and oxygen atoms in total. The van der Waals surface area contributed by atoms with E-state index < -0.39 is 11.7 Å². The number of anilines is 2. The van der Waals surface area contributed by atoms with E-state index in [0.717, 1.165) is 30.1 Å². The first-order valence-corrected chi connectivity index (χ1v) is 10.7. The summed E-state index contributed by atoms with van der Waals surface area (Å²) in [6, 6.07) is 5.27. The topological polar surface area (TPSA) is 85.3 Å². The third-order valence-electron chi connectivity index (χ3n) is 6.04. The van der Waals surface area contributed by atoms with Gasteiger partial charge in [0.25, 0.3) is 0 Å². The van der Waals surface area contributed by atoms with Crippen LogP contribution in [-0.2, 0) is 6.18 Å². The summed E-state index contributed by atoms with van der Waals surface area (Å²) in [5.74, 6) is 1.23. The first-order chi connectivity index (χ1) is 15.8. The van der Waals surface area contributed by atoms with Crippen LogP contribution in [0.3, 0.4) is 0 Å². The molecule has 0 amide bonds. The van der Waals surface area contributed by atoms with Gasteiger partial charge in [-0.15, -0.1) is 0 Å². The number of hydrazone groups is 1. The fourth-order valence-electron chi connectivity index (χ4n) is 4.52. The van der Waals surface area contributed by atoms with Crippen LogP contribution in [0.2, 0.25) is 0 Å². The standard InChI is InChI=1S/C22H23F3N8/c1-4-16-21-31-28-11-32(21)17-10-26-19(29-20(17)33(16)12(2)3)15-9-27-30-18(15)13-5-7-14(8-6-13)22(23,24)25/h5-12,16,21,31H,4H2,1-3H3,(H,27,30)/t16-,21?/m1/s1. The number of aromatic nitrogens is 4. The average Bonchev–Trinajstić information content (AvgIpc) is 3.47. The molecule has 2 aliphatic heterocycles. The van der Waals surface area contributed by atoms with E-state index in [1.165, 1.54) is 12.1 Å². The van der Waals surface area contributed by atoms with Crippen LogP contribution in [0.1, 0.15) is 32.8 Å². The second kappa shape index (κ2) is 7.75. The van der Waals surface area contributed by atoms with Crippen LogP contribution in [0.15, 0.2) is 41.8 Å². The molecule has 2 aromatic heterocycles. The minimum absolute atomic E-state index is 0.00372. The van der Waals surface area contributed by atoms with Gasteiger partial charge in [-0.05, 0) is 32.4 Å². The summed E-state index contributed by atoms with van der Waals surface area (Å²) in [6.45, 7) is 6.36. The highest BCUT2D eigenvalue weighted by molar-refractivity contribution is 5.90. The van der Waals surface area contributed by atoms with Gasteiger partial charge in [0.15, 0.2) is 11.6 Å². The molecule has 2 atom stereocenters. The molecule has 0 fully saturated rings. The first-order valence-electron chi connectivity index (χ1n) is 10.7. The Balaban J connectivity index is 1.58. The predicted octanol–water partition coefficient (Wildman–Crippen LogP) is 4.24. The SMILES string of the molecule is CC[C@@H]1C2NN=CN2c2cnc(-c3cn[nH]c3-c3ccc(C(F)(F)F)cc3)nc2N1C(C)C. The van der Waals surface area contributed by atoms with Crippen molar-refractivity contribution in [3.63, 3.8) is 0 Å². The minimum Gasteiger partial charge on any atom is -0.345 e. The van der Waals surface area contributed by atoms with E-state index in [9.17, 15) is 13.2 Å². The number of nitrogens with one attached hydrogen (secondary N) is 2. The molecule has 172 valence electrons. The zero-order valence-corrected chi connectivity index (χ0v) is 18.3. The highest BCUT2D eigenvalue weighted by Crippen LogP contribution is 2.40. The molecule has 0 aliphatic carbocycles. The zero-order chi connectivity index (χ0) is 23.3. The van der Waals surface area contributed by atoms with Crippen LogP contribution in [0.4, 0.5) is 24.7 Å². The third kappa shape index (κ3) is 3.47. The van der Waals surface area contributed by atoms with Crippen LogP contribution in [0.5, 0.6) is 0 Å². The van der Waals surface area contributed by atoms with Crippen LogP contribution in [0, 0.1) is 0 Å². The van der Waals surface area contributed by atoms with E-state index in [0.29, 0.717) is 22.6 Å². The lowest BCUT2D eigenvalue weighted by Crippen LogP contribution is -2.60. The number of aromatic amines is 1. The van der Waals surface area contributed by atoms with Gasteiger partial charge in [0.1, 0.15) is 18.2 Å². The molecule has 0 saturated carbocycles. The van der Waals surface area contributed by atoms with Gasteiger partial charge in [0, 0.05) is 11.6 Å². The maximum absolute atomic E-state index is 13.0. The Morgan fingerprint density at radius 1 is 1.12 bits per heavy atom. The van der Waals surface area contributed by atoms with Gasteiger partial charge in [-0.1, -0.05) is 19.1 Å². The summed E-state index contributed by atoms with van der Waals surface area (Å²) >= 11 is 0. The molecule has 3 aromatic rings. The number of nitrogens with zero attached hydrogens (tertiary/aromatic N) is 6. The van der Waals surface area contributed by atoms with Gasteiger partial charge >= 0.3 is 6.18 Å². The molecular formula is C22H23F3N8. The van der Waals surface area contributed by atoms with Crippen molar-refractivity contribution in [1.82, 2.24) is 25.6 Å². The molecule has 2 N–H and O–H groups in total. The lowest BCUT2D eigenvalue weighted by atomic mass is 10.0. The maximum atomic E-state index is 13.0. The van der Waals surface area contributed by atoms with Crippen LogP contribution in [0.25, 0.3) is 22.6 Å². The van der Waals surface area contributed by atoms with Crippen LogP contribution < -0.4 is 15.2 Å². The highest BCUT2D eigenvalue weighted by atomic mass is 19.4. The van der Waals surface area contributed by atoms with Crippen molar-refractivity contribution in [2.24, 2.45) is 5.10 Å². The molecule has 0 radical (unpaired) electrons. The lowest BCUT2D eigenvalue weighted by molar-refractivity contribution is -0.137. The lowest BCUT2D eigenvalue weighted by Gasteiger charge is -2.46. The second-order valence-corrected chi connectivity index (χ2v) is 8.34. The number of hydrogen-bond donors (Lipinski definition) is 2. The normalized spacial score (nSPS) is 19.6. The Hall–Kier alpha value is -3.63. The molecule has 0 bridgehead atoms. The fraction of sp³-hybridized carbons (Fsp3) is 0.364. The minimum atomic E-state index is -4.39. The molecule has 0 spiro atoms. The van der Waals surface area contributed by atoms with Crippen molar-refractivity contribution in [2.75, 3.05) is 9.80 Å². The van der Waals surface area contributed by atoms with Crippen LogP contribution in [-0.4, -0.2) is 44.8 Å². The maximum Gasteiger partial charge on any atom is 0.416 e. The summed E-state index contributed by atoms with van der Waals surface area (Å²) in [5.41, 5.74) is 5.06.